The minimum Gasteiger partial charge on any atom is -0.496 e. The van der Waals surface area contributed by atoms with E-state index in [2.05, 4.69) is 4.98 Å². The van der Waals surface area contributed by atoms with Crippen molar-refractivity contribution >= 4 is 17.3 Å². The molecule has 0 saturated carbocycles. The number of carbonyl (C=O) groups is 1. The SMILES string of the molecule is CCc1nc(-c2ccc(C(F)(F)F)cc2)sc1CCc1ccc(CCC(=O)O)c(OC)c1. The maximum Gasteiger partial charge on any atom is 0.416 e. The Balaban J connectivity index is 1.74. The number of methoxy groups -OCH3 is 1. The number of hydrogen-bond donors (Lipinski definition) is 1. The van der Waals surface area contributed by atoms with Gasteiger partial charge in [0.1, 0.15) is 10.8 Å². The van der Waals surface area contributed by atoms with E-state index < -0.39 is 17.7 Å². The number of carboxylic acids is 1. The summed E-state index contributed by atoms with van der Waals surface area (Å²) < 4.78 is 43.9. The molecule has 0 aliphatic heterocycles. The van der Waals surface area contributed by atoms with E-state index in [-0.39, 0.29) is 6.42 Å². The number of rotatable bonds is 9. The van der Waals surface area contributed by atoms with Gasteiger partial charge in [0.25, 0.3) is 0 Å². The van der Waals surface area contributed by atoms with Gasteiger partial charge in [0.15, 0.2) is 0 Å². The smallest absolute Gasteiger partial charge is 0.416 e. The Labute approximate surface area is 188 Å². The molecule has 0 aliphatic rings. The fraction of sp³-hybridized carbons (Fsp3) is 0.333. The van der Waals surface area contributed by atoms with Crippen LogP contribution >= 0.6 is 11.3 Å². The second-order valence-corrected chi connectivity index (χ2v) is 8.44. The minimum atomic E-state index is -4.36. The van der Waals surface area contributed by atoms with E-state index in [1.807, 2.05) is 25.1 Å². The van der Waals surface area contributed by atoms with Crippen molar-refractivity contribution in [2.45, 2.75) is 45.2 Å². The molecule has 1 aromatic heterocycles. The standard InChI is InChI=1S/C24H24F3NO3S/c1-3-19-21(32-23(28-19)17-7-10-18(11-8-17)24(25,26)27)12-5-15-4-6-16(9-13-22(29)30)20(14-15)31-2/h4,6-8,10-11,14H,3,5,9,12-13H2,1-2H3,(H,29,30). The molecule has 1 N–H and O–H groups in total. The van der Waals surface area contributed by atoms with Crippen LogP contribution in [-0.2, 0) is 36.7 Å². The van der Waals surface area contributed by atoms with Crippen LogP contribution in [0.15, 0.2) is 42.5 Å². The van der Waals surface area contributed by atoms with Gasteiger partial charge < -0.3 is 9.84 Å². The van der Waals surface area contributed by atoms with Gasteiger partial charge in [-0.3, -0.25) is 4.79 Å². The average Bonchev–Trinajstić information content (AvgIpc) is 3.19. The molecule has 170 valence electrons. The van der Waals surface area contributed by atoms with Gasteiger partial charge in [0, 0.05) is 16.9 Å². The normalized spacial score (nSPS) is 11.5. The van der Waals surface area contributed by atoms with Crippen LogP contribution in [0, 0.1) is 0 Å². The van der Waals surface area contributed by atoms with Crippen molar-refractivity contribution in [3.8, 4) is 16.3 Å². The van der Waals surface area contributed by atoms with Gasteiger partial charge in [0.2, 0.25) is 0 Å². The van der Waals surface area contributed by atoms with Crippen molar-refractivity contribution in [1.82, 2.24) is 4.98 Å². The van der Waals surface area contributed by atoms with Gasteiger partial charge in [-0.25, -0.2) is 4.98 Å². The van der Waals surface area contributed by atoms with Gasteiger partial charge in [-0.05, 0) is 55.0 Å². The summed E-state index contributed by atoms with van der Waals surface area (Å²) in [6, 6.07) is 10.9. The number of benzene rings is 2. The number of carboxylic acid groups (broad SMARTS) is 1. The Bertz CT molecular complexity index is 1080. The molecule has 0 spiro atoms. The molecular weight excluding hydrogens is 439 g/mol. The maximum absolute atomic E-state index is 12.8. The van der Waals surface area contributed by atoms with Crippen LogP contribution in [0.4, 0.5) is 13.2 Å². The fourth-order valence-corrected chi connectivity index (χ4v) is 4.59. The predicted molar refractivity (Wildman–Crippen MR) is 118 cm³/mol. The van der Waals surface area contributed by atoms with Gasteiger partial charge in [0.05, 0.1) is 18.4 Å². The lowest BCUT2D eigenvalue weighted by Gasteiger charge is -2.10. The van der Waals surface area contributed by atoms with Crippen molar-refractivity contribution in [1.29, 1.82) is 0 Å². The summed E-state index contributed by atoms with van der Waals surface area (Å²) in [7, 11) is 1.57. The molecule has 8 heteroatoms. The van der Waals surface area contributed by atoms with Crippen LogP contribution in [-0.4, -0.2) is 23.2 Å². The number of alkyl halides is 3. The van der Waals surface area contributed by atoms with Gasteiger partial charge in [-0.15, -0.1) is 11.3 Å². The van der Waals surface area contributed by atoms with Gasteiger partial charge >= 0.3 is 12.1 Å². The maximum atomic E-state index is 12.8. The first kappa shape index (κ1) is 23.8. The van der Waals surface area contributed by atoms with E-state index in [9.17, 15) is 18.0 Å². The first-order valence-corrected chi connectivity index (χ1v) is 11.1. The molecule has 0 unspecified atom stereocenters. The molecule has 32 heavy (non-hydrogen) atoms. The molecule has 2 aromatic carbocycles. The summed E-state index contributed by atoms with van der Waals surface area (Å²) in [6.45, 7) is 2.01. The topological polar surface area (TPSA) is 59.4 Å². The number of nitrogens with zero attached hydrogens (tertiary/aromatic N) is 1. The van der Waals surface area contributed by atoms with Crippen LogP contribution in [0.2, 0.25) is 0 Å². The highest BCUT2D eigenvalue weighted by molar-refractivity contribution is 7.15. The third-order valence-electron chi connectivity index (χ3n) is 5.17. The molecule has 0 fully saturated rings. The lowest BCUT2D eigenvalue weighted by Crippen LogP contribution is -2.03. The van der Waals surface area contributed by atoms with Crippen molar-refractivity contribution < 1.29 is 27.8 Å². The highest BCUT2D eigenvalue weighted by Gasteiger charge is 2.30. The molecule has 0 atom stereocenters. The summed E-state index contributed by atoms with van der Waals surface area (Å²) >= 11 is 1.51. The number of aliphatic carboxylic acids is 1. The Hall–Kier alpha value is -2.87. The molecule has 3 rings (SSSR count). The zero-order valence-electron chi connectivity index (χ0n) is 17.8. The van der Waals surface area contributed by atoms with E-state index in [0.29, 0.717) is 22.7 Å². The number of ether oxygens (including phenoxy) is 1. The zero-order chi connectivity index (χ0) is 23.3. The second kappa shape index (κ2) is 10.2. The molecular formula is C24H24F3NO3S. The van der Waals surface area contributed by atoms with E-state index in [1.54, 1.807) is 7.11 Å². The zero-order valence-corrected chi connectivity index (χ0v) is 18.6. The largest absolute Gasteiger partial charge is 0.496 e. The number of aromatic nitrogens is 1. The molecule has 4 nitrogen and oxygen atoms in total. The van der Waals surface area contributed by atoms with Crippen LogP contribution < -0.4 is 4.74 Å². The summed E-state index contributed by atoms with van der Waals surface area (Å²) in [6.07, 6.45) is -1.67. The molecule has 0 radical (unpaired) electrons. The number of thiazole rings is 1. The van der Waals surface area contributed by atoms with Crippen molar-refractivity contribution in [2.75, 3.05) is 7.11 Å². The first-order chi connectivity index (χ1) is 15.2. The molecule has 1 heterocycles. The van der Waals surface area contributed by atoms with Crippen LogP contribution in [0.1, 0.15) is 40.6 Å². The van der Waals surface area contributed by atoms with Gasteiger partial charge in [-0.1, -0.05) is 31.2 Å². The monoisotopic (exact) mass is 463 g/mol. The Morgan fingerprint density at radius 3 is 2.41 bits per heavy atom. The quantitative estimate of drug-likeness (QED) is 0.410. The van der Waals surface area contributed by atoms with Crippen molar-refractivity contribution in [3.63, 3.8) is 0 Å². The third kappa shape index (κ3) is 5.88. The summed E-state index contributed by atoms with van der Waals surface area (Å²) in [5, 5.41) is 9.61. The minimum absolute atomic E-state index is 0.0448. The number of halogens is 3. The van der Waals surface area contributed by atoms with Crippen LogP contribution in [0.25, 0.3) is 10.6 Å². The van der Waals surface area contributed by atoms with Crippen molar-refractivity contribution in [2.24, 2.45) is 0 Å². The number of hydrogen-bond acceptors (Lipinski definition) is 4. The number of aryl methyl sites for hydroxylation is 4. The lowest BCUT2D eigenvalue weighted by atomic mass is 10.0. The molecule has 0 saturated heterocycles. The van der Waals surface area contributed by atoms with E-state index in [0.717, 1.165) is 53.1 Å². The van der Waals surface area contributed by atoms with E-state index in [4.69, 9.17) is 9.84 Å². The highest BCUT2D eigenvalue weighted by Crippen LogP contribution is 2.34. The molecule has 3 aromatic rings. The van der Waals surface area contributed by atoms with Crippen LogP contribution in [0.3, 0.4) is 0 Å². The fourth-order valence-electron chi connectivity index (χ4n) is 3.43. The van der Waals surface area contributed by atoms with Gasteiger partial charge in [-0.2, -0.15) is 13.2 Å². The van der Waals surface area contributed by atoms with Crippen molar-refractivity contribution in [3.05, 3.63) is 69.7 Å². The summed E-state index contributed by atoms with van der Waals surface area (Å²) in [5.74, 6) is -0.175. The average molecular weight is 464 g/mol. The molecule has 0 bridgehead atoms. The predicted octanol–water partition coefficient (Wildman–Crippen LogP) is 6.20. The Kier molecular flexibility index (Phi) is 7.56. The summed E-state index contributed by atoms with van der Waals surface area (Å²) in [4.78, 5) is 16.6. The molecule has 0 amide bonds. The van der Waals surface area contributed by atoms with E-state index in [1.165, 1.54) is 23.5 Å². The molecule has 0 aliphatic carbocycles. The summed E-state index contributed by atoms with van der Waals surface area (Å²) in [5.41, 5.74) is 2.88. The Morgan fingerprint density at radius 1 is 1.09 bits per heavy atom. The lowest BCUT2D eigenvalue weighted by molar-refractivity contribution is -0.138. The van der Waals surface area contributed by atoms with E-state index >= 15 is 0 Å². The van der Waals surface area contributed by atoms with Crippen LogP contribution in [0.5, 0.6) is 5.75 Å². The Morgan fingerprint density at radius 2 is 1.81 bits per heavy atom. The highest BCUT2D eigenvalue weighted by atomic mass is 32.1. The second-order valence-electron chi connectivity index (χ2n) is 7.36. The third-order valence-corrected chi connectivity index (χ3v) is 6.38. The first-order valence-electron chi connectivity index (χ1n) is 10.2.